The highest BCUT2D eigenvalue weighted by Crippen LogP contribution is 2.14. The van der Waals surface area contributed by atoms with E-state index in [0.717, 1.165) is 29.0 Å². The summed E-state index contributed by atoms with van der Waals surface area (Å²) < 4.78 is 5.05. The van der Waals surface area contributed by atoms with Gasteiger partial charge in [0, 0.05) is 43.8 Å². The molecule has 5 heterocycles. The maximum atomic E-state index is 12.8. The first kappa shape index (κ1) is 19.2. The summed E-state index contributed by atoms with van der Waals surface area (Å²) in [5.41, 5.74) is 3.05. The van der Waals surface area contributed by atoms with Crippen LogP contribution in [0.4, 0.5) is 0 Å². The highest BCUT2D eigenvalue weighted by Gasteiger charge is 2.23. The summed E-state index contributed by atoms with van der Waals surface area (Å²) in [7, 11) is 0. The summed E-state index contributed by atoms with van der Waals surface area (Å²) in [5, 5.41) is 7.60. The van der Waals surface area contributed by atoms with Gasteiger partial charge < -0.3 is 9.72 Å². The van der Waals surface area contributed by atoms with E-state index in [4.69, 9.17) is 0 Å². The van der Waals surface area contributed by atoms with Gasteiger partial charge in [-0.25, -0.2) is 14.5 Å². The van der Waals surface area contributed by atoms with Crippen LogP contribution in [0.5, 0.6) is 0 Å². The fraction of sp³-hybridized carbons (Fsp3) is 0.318. The Morgan fingerprint density at radius 1 is 1.29 bits per heavy atom. The highest BCUT2D eigenvalue weighted by atomic mass is 16.2. The molecule has 9 heteroatoms. The zero-order valence-electron chi connectivity index (χ0n) is 17.2. The molecule has 1 amide bonds. The molecular formula is C22H23N7O2. The van der Waals surface area contributed by atoms with E-state index in [0.29, 0.717) is 31.6 Å². The van der Waals surface area contributed by atoms with Crippen molar-refractivity contribution in [3.8, 4) is 0 Å². The number of amides is 1. The zero-order valence-corrected chi connectivity index (χ0v) is 17.2. The van der Waals surface area contributed by atoms with Crippen molar-refractivity contribution in [1.82, 2.24) is 34.0 Å². The van der Waals surface area contributed by atoms with E-state index < -0.39 is 0 Å². The number of nitrogens with zero attached hydrogens (tertiary/aromatic N) is 6. The van der Waals surface area contributed by atoms with Crippen LogP contribution in [0.2, 0.25) is 0 Å². The Bertz CT molecular complexity index is 1300. The number of pyridine rings is 2. The minimum Gasteiger partial charge on any atom is -0.348 e. The second-order valence-corrected chi connectivity index (χ2v) is 7.96. The van der Waals surface area contributed by atoms with E-state index in [2.05, 4.69) is 20.4 Å². The number of nitrogens with one attached hydrogen (secondary N) is 1. The average molecular weight is 417 g/mol. The van der Waals surface area contributed by atoms with Crippen LogP contribution < -0.4 is 11.0 Å². The van der Waals surface area contributed by atoms with Crippen LogP contribution >= 0.6 is 0 Å². The quantitative estimate of drug-likeness (QED) is 0.544. The zero-order chi connectivity index (χ0) is 21.4. The van der Waals surface area contributed by atoms with Crippen molar-refractivity contribution in [3.63, 3.8) is 0 Å². The second kappa shape index (κ2) is 7.82. The van der Waals surface area contributed by atoms with Gasteiger partial charge in [-0.1, -0.05) is 6.07 Å². The molecule has 0 fully saturated rings. The van der Waals surface area contributed by atoms with Crippen molar-refractivity contribution in [2.75, 3.05) is 0 Å². The summed E-state index contributed by atoms with van der Waals surface area (Å²) in [4.78, 5) is 34.0. The van der Waals surface area contributed by atoms with Crippen LogP contribution in [0.1, 0.15) is 40.3 Å². The Hall–Kier alpha value is -3.75. The van der Waals surface area contributed by atoms with Crippen molar-refractivity contribution in [1.29, 1.82) is 0 Å². The van der Waals surface area contributed by atoms with Gasteiger partial charge in [0.05, 0.1) is 6.54 Å². The molecule has 0 radical (unpaired) electrons. The monoisotopic (exact) mass is 417 g/mol. The molecule has 1 aliphatic heterocycles. The number of aromatic nitrogens is 6. The van der Waals surface area contributed by atoms with Gasteiger partial charge in [-0.3, -0.25) is 14.3 Å². The van der Waals surface area contributed by atoms with Gasteiger partial charge in [0.2, 0.25) is 0 Å². The number of aryl methyl sites for hydroxylation is 2. The van der Waals surface area contributed by atoms with Gasteiger partial charge in [0.25, 0.3) is 5.91 Å². The molecule has 0 aromatic carbocycles. The molecule has 1 unspecified atom stereocenters. The maximum absolute atomic E-state index is 12.8. The average Bonchev–Trinajstić information content (AvgIpc) is 3.25. The molecule has 31 heavy (non-hydrogen) atoms. The number of fused-ring (bicyclic) bond motifs is 2. The SMILES string of the molecule is Cc1ccn2cc(C(=O)NC3CCc4nn(Cc5cccnc5)c(=O)n4CC3)nc2c1. The molecule has 1 N–H and O–H groups in total. The summed E-state index contributed by atoms with van der Waals surface area (Å²) in [6.45, 7) is 2.92. The molecule has 0 bridgehead atoms. The number of carbonyl (C=O) groups is 1. The number of imidazole rings is 1. The molecule has 4 aromatic rings. The van der Waals surface area contributed by atoms with E-state index in [1.165, 1.54) is 4.68 Å². The van der Waals surface area contributed by atoms with Crippen LogP contribution in [0.25, 0.3) is 5.65 Å². The molecule has 9 nitrogen and oxygen atoms in total. The Kier molecular flexibility index (Phi) is 4.85. The largest absolute Gasteiger partial charge is 0.348 e. The van der Waals surface area contributed by atoms with Crippen molar-refractivity contribution in [2.45, 2.75) is 45.3 Å². The van der Waals surface area contributed by atoms with Crippen LogP contribution in [0, 0.1) is 6.92 Å². The highest BCUT2D eigenvalue weighted by molar-refractivity contribution is 5.93. The lowest BCUT2D eigenvalue weighted by molar-refractivity contribution is 0.0928. The molecule has 4 aromatic heterocycles. The smallest absolute Gasteiger partial charge is 0.346 e. The minimum absolute atomic E-state index is 0.0353. The predicted molar refractivity (Wildman–Crippen MR) is 114 cm³/mol. The summed E-state index contributed by atoms with van der Waals surface area (Å²) >= 11 is 0. The first-order chi connectivity index (χ1) is 15.1. The summed E-state index contributed by atoms with van der Waals surface area (Å²) in [5.74, 6) is 0.564. The van der Waals surface area contributed by atoms with Gasteiger partial charge in [0.1, 0.15) is 17.2 Å². The van der Waals surface area contributed by atoms with E-state index in [1.54, 1.807) is 23.2 Å². The van der Waals surface area contributed by atoms with Gasteiger partial charge in [-0.15, -0.1) is 0 Å². The Balaban J connectivity index is 1.27. The molecule has 0 saturated carbocycles. The summed E-state index contributed by atoms with van der Waals surface area (Å²) in [6.07, 6.45) is 9.11. The molecule has 1 aliphatic rings. The van der Waals surface area contributed by atoms with Gasteiger partial charge in [-0.2, -0.15) is 5.10 Å². The van der Waals surface area contributed by atoms with Crippen LogP contribution in [-0.4, -0.2) is 40.7 Å². The Morgan fingerprint density at radius 2 is 2.19 bits per heavy atom. The Labute approximate surface area is 178 Å². The third-order valence-corrected chi connectivity index (χ3v) is 5.66. The van der Waals surface area contributed by atoms with Crippen LogP contribution in [-0.2, 0) is 19.5 Å². The van der Waals surface area contributed by atoms with Crippen LogP contribution in [0.15, 0.2) is 53.8 Å². The molecule has 5 rings (SSSR count). The normalized spacial score (nSPS) is 16.1. The number of carbonyl (C=O) groups excluding carboxylic acids is 1. The fourth-order valence-corrected chi connectivity index (χ4v) is 3.99. The lowest BCUT2D eigenvalue weighted by Gasteiger charge is -2.15. The van der Waals surface area contributed by atoms with E-state index in [-0.39, 0.29) is 17.6 Å². The first-order valence-electron chi connectivity index (χ1n) is 10.4. The summed E-state index contributed by atoms with van der Waals surface area (Å²) in [6, 6.07) is 7.66. The van der Waals surface area contributed by atoms with Crippen molar-refractivity contribution >= 4 is 11.6 Å². The lowest BCUT2D eigenvalue weighted by atomic mass is 10.1. The van der Waals surface area contributed by atoms with Gasteiger partial charge >= 0.3 is 5.69 Å². The van der Waals surface area contributed by atoms with Gasteiger partial charge in [-0.05, 0) is 49.1 Å². The third-order valence-electron chi connectivity index (χ3n) is 5.66. The van der Waals surface area contributed by atoms with Crippen molar-refractivity contribution < 1.29 is 4.79 Å². The maximum Gasteiger partial charge on any atom is 0.346 e. The molecule has 158 valence electrons. The predicted octanol–water partition coefficient (Wildman–Crippen LogP) is 1.58. The standard InChI is InChI=1S/C22H23N7O2/c1-15-6-9-27-14-18(25-20(27)11-15)21(30)24-17-4-5-19-26-29(22(31)28(19)10-7-17)13-16-3-2-8-23-12-16/h2-3,6,8-9,11-12,14,17H,4-5,7,10,13H2,1H3,(H,24,30). The molecular weight excluding hydrogens is 394 g/mol. The van der Waals surface area contributed by atoms with Crippen molar-refractivity contribution in [3.05, 3.63) is 82.2 Å². The number of hydrogen-bond acceptors (Lipinski definition) is 5. The minimum atomic E-state index is -0.195. The van der Waals surface area contributed by atoms with E-state index in [9.17, 15) is 9.59 Å². The molecule has 0 spiro atoms. The Morgan fingerprint density at radius 3 is 3.03 bits per heavy atom. The van der Waals surface area contributed by atoms with E-state index >= 15 is 0 Å². The first-order valence-corrected chi connectivity index (χ1v) is 10.4. The number of rotatable bonds is 4. The second-order valence-electron chi connectivity index (χ2n) is 7.96. The lowest BCUT2D eigenvalue weighted by Crippen LogP contribution is -2.36. The third kappa shape index (κ3) is 3.86. The molecule has 1 atom stereocenters. The van der Waals surface area contributed by atoms with Crippen LogP contribution in [0.3, 0.4) is 0 Å². The fourth-order valence-electron chi connectivity index (χ4n) is 3.99. The number of hydrogen-bond donors (Lipinski definition) is 1. The molecule has 0 saturated heterocycles. The molecule has 0 aliphatic carbocycles. The van der Waals surface area contributed by atoms with E-state index in [1.807, 2.05) is 41.8 Å². The van der Waals surface area contributed by atoms with Crippen molar-refractivity contribution in [2.24, 2.45) is 0 Å². The van der Waals surface area contributed by atoms with Gasteiger partial charge in [0.15, 0.2) is 0 Å². The topological polar surface area (TPSA) is 99.1 Å².